The van der Waals surface area contributed by atoms with Crippen molar-refractivity contribution in [3.8, 4) is 0 Å². The van der Waals surface area contributed by atoms with E-state index in [1.807, 2.05) is 4.90 Å². The first-order valence-electron chi connectivity index (χ1n) is 10.3. The number of allylic oxidation sites excluding steroid dienone is 2. The van der Waals surface area contributed by atoms with Crippen LogP contribution < -0.4 is 16.4 Å². The van der Waals surface area contributed by atoms with Crippen LogP contribution in [0.5, 0.6) is 0 Å². The molecule has 0 aromatic heterocycles. The fraction of sp³-hybridized carbons (Fsp3) is 0.650. The minimum absolute atomic E-state index is 0.0195. The van der Waals surface area contributed by atoms with Crippen molar-refractivity contribution in [2.45, 2.75) is 43.7 Å². The minimum Gasteiger partial charge on any atom is -0.449 e. The normalized spacial score (nSPS) is 36.8. The molecule has 1 amide bonds. The van der Waals surface area contributed by atoms with E-state index >= 15 is 0 Å². The Bertz CT molecular complexity index is 892. The predicted molar refractivity (Wildman–Crippen MR) is 103 cm³/mol. The summed E-state index contributed by atoms with van der Waals surface area (Å²) in [6.07, 6.45) is 0.990. The Hall–Kier alpha value is -2.43. The number of amides is 1. The molecule has 4 heterocycles. The second-order valence-corrected chi connectivity index (χ2v) is 8.44. The Morgan fingerprint density at radius 3 is 2.87 bits per heavy atom. The Labute approximate surface area is 173 Å². The van der Waals surface area contributed by atoms with Gasteiger partial charge in [-0.25, -0.2) is 4.79 Å². The number of piperazine rings is 1. The van der Waals surface area contributed by atoms with E-state index in [0.717, 1.165) is 12.8 Å². The molecule has 0 bridgehead atoms. The van der Waals surface area contributed by atoms with Gasteiger partial charge in [-0.3, -0.25) is 9.59 Å². The molecule has 2 unspecified atom stereocenters. The highest BCUT2D eigenvalue weighted by atomic mass is 16.6. The van der Waals surface area contributed by atoms with Gasteiger partial charge in [0.2, 0.25) is 11.6 Å². The first-order valence-corrected chi connectivity index (χ1v) is 10.3. The van der Waals surface area contributed by atoms with Crippen molar-refractivity contribution in [3.63, 3.8) is 0 Å². The topological polar surface area (TPSA) is 142 Å². The third kappa shape index (κ3) is 2.57. The monoisotopic (exact) mass is 418 g/mol. The molecular weight excluding hydrogens is 392 g/mol. The van der Waals surface area contributed by atoms with Gasteiger partial charge in [0.25, 0.3) is 0 Å². The van der Waals surface area contributed by atoms with E-state index in [-0.39, 0.29) is 42.1 Å². The molecule has 0 spiro atoms. The lowest BCUT2D eigenvalue weighted by molar-refractivity contribution is -0.137. The molecular formula is C20H26N4O6. The molecule has 4 N–H and O–H groups in total. The Balaban J connectivity index is 1.50. The molecule has 0 aromatic carbocycles. The van der Waals surface area contributed by atoms with Gasteiger partial charge in [0.05, 0.1) is 29.5 Å². The first-order chi connectivity index (χ1) is 14.4. The van der Waals surface area contributed by atoms with Crippen molar-refractivity contribution in [3.05, 3.63) is 22.5 Å². The van der Waals surface area contributed by atoms with Gasteiger partial charge in [0.15, 0.2) is 5.72 Å². The highest BCUT2D eigenvalue weighted by Crippen LogP contribution is 2.55. The zero-order chi connectivity index (χ0) is 21.2. The van der Waals surface area contributed by atoms with E-state index in [0.29, 0.717) is 36.5 Å². The number of ether oxygens (including phenoxy) is 3. The summed E-state index contributed by atoms with van der Waals surface area (Å²) in [6.45, 7) is 3.25. The van der Waals surface area contributed by atoms with Gasteiger partial charge in [-0.05, 0) is 19.8 Å². The lowest BCUT2D eigenvalue weighted by atomic mass is 9.82. The van der Waals surface area contributed by atoms with Gasteiger partial charge in [0.1, 0.15) is 6.61 Å². The lowest BCUT2D eigenvalue weighted by Gasteiger charge is -2.39. The number of methoxy groups -OCH3 is 1. The van der Waals surface area contributed by atoms with Crippen LogP contribution in [0, 0.1) is 5.92 Å². The van der Waals surface area contributed by atoms with Crippen LogP contribution in [-0.4, -0.2) is 79.9 Å². The number of carbonyl (C=O) groups excluding carboxylic acids is 3. The van der Waals surface area contributed by atoms with Crippen molar-refractivity contribution in [1.29, 1.82) is 0 Å². The quantitative estimate of drug-likeness (QED) is 0.372. The highest BCUT2D eigenvalue weighted by molar-refractivity contribution is 6.25. The lowest BCUT2D eigenvalue weighted by Crippen LogP contribution is -2.55. The SMILES string of the molecule is COC12[C@@H]3N[C@@H]3CN1C1=C(C(=O)C(NCC3CCCO3)=C(C)C1=O)[C@@H]2COC(N)=O. The van der Waals surface area contributed by atoms with E-state index < -0.39 is 17.7 Å². The van der Waals surface area contributed by atoms with E-state index in [9.17, 15) is 14.4 Å². The maximum atomic E-state index is 13.6. The van der Waals surface area contributed by atoms with Crippen molar-refractivity contribution in [2.75, 3.05) is 33.4 Å². The van der Waals surface area contributed by atoms with Crippen LogP contribution >= 0.6 is 0 Å². The summed E-state index contributed by atoms with van der Waals surface area (Å²) in [4.78, 5) is 40.2. The number of carbonyl (C=O) groups is 3. The maximum absolute atomic E-state index is 13.6. The van der Waals surface area contributed by atoms with Crippen LogP contribution in [0.15, 0.2) is 22.5 Å². The molecule has 5 rings (SSSR count). The molecule has 3 fully saturated rings. The number of fused-ring (bicyclic) bond motifs is 4. The summed E-state index contributed by atoms with van der Waals surface area (Å²) in [5, 5.41) is 6.49. The van der Waals surface area contributed by atoms with Crippen LogP contribution in [0.1, 0.15) is 19.8 Å². The maximum Gasteiger partial charge on any atom is 0.404 e. The Morgan fingerprint density at radius 1 is 1.40 bits per heavy atom. The van der Waals surface area contributed by atoms with Crippen molar-refractivity contribution in [1.82, 2.24) is 15.5 Å². The number of nitrogens with one attached hydrogen (secondary N) is 2. The molecule has 5 atom stereocenters. The van der Waals surface area contributed by atoms with Gasteiger partial charge in [-0.15, -0.1) is 0 Å². The first kappa shape index (κ1) is 19.5. The van der Waals surface area contributed by atoms with Crippen LogP contribution in [0.4, 0.5) is 4.79 Å². The molecule has 1 aliphatic carbocycles. The van der Waals surface area contributed by atoms with E-state index in [1.165, 1.54) is 0 Å². The number of rotatable bonds is 6. The summed E-state index contributed by atoms with van der Waals surface area (Å²) >= 11 is 0. The summed E-state index contributed by atoms with van der Waals surface area (Å²) in [6, 6.07) is 0.111. The standard InChI is InChI=1S/C20H26N4O6/c1-9-14(22-6-10-4-3-5-29-10)17(26)13-11(8-30-19(21)27)20(28-2)18-12(23-18)7-24(20)15(13)16(9)25/h10-12,18,22-23H,3-8H2,1-2H3,(H2,21,27)/t10?,11-,12+,18+,20?/m0/s1. The molecule has 4 aliphatic heterocycles. The third-order valence-electron chi connectivity index (χ3n) is 6.96. The number of hydrogen-bond acceptors (Lipinski definition) is 9. The minimum atomic E-state index is -0.958. The largest absolute Gasteiger partial charge is 0.449 e. The van der Waals surface area contributed by atoms with E-state index in [2.05, 4.69) is 10.6 Å². The second kappa shape index (κ2) is 6.79. The average Bonchev–Trinajstić information content (AvgIpc) is 3.08. The fourth-order valence-corrected chi connectivity index (χ4v) is 5.52. The molecule has 162 valence electrons. The van der Waals surface area contributed by atoms with E-state index in [1.54, 1.807) is 14.0 Å². The van der Waals surface area contributed by atoms with Crippen LogP contribution in [-0.2, 0) is 23.8 Å². The molecule has 0 saturated carbocycles. The van der Waals surface area contributed by atoms with Crippen LogP contribution in [0.25, 0.3) is 0 Å². The Morgan fingerprint density at radius 2 is 2.20 bits per heavy atom. The summed E-state index contributed by atoms with van der Waals surface area (Å²) < 4.78 is 16.7. The van der Waals surface area contributed by atoms with Crippen LogP contribution in [0.3, 0.4) is 0 Å². The molecule has 10 heteroatoms. The number of ketones is 2. The zero-order valence-corrected chi connectivity index (χ0v) is 17.0. The summed E-state index contributed by atoms with van der Waals surface area (Å²) in [7, 11) is 1.55. The van der Waals surface area contributed by atoms with Gasteiger partial charge in [-0.1, -0.05) is 0 Å². The third-order valence-corrected chi connectivity index (χ3v) is 6.96. The Kier molecular flexibility index (Phi) is 4.42. The smallest absolute Gasteiger partial charge is 0.404 e. The number of nitrogens with zero attached hydrogens (tertiary/aromatic N) is 1. The molecule has 0 aromatic rings. The summed E-state index contributed by atoms with van der Waals surface area (Å²) in [5.74, 6) is -1.09. The summed E-state index contributed by atoms with van der Waals surface area (Å²) in [5.41, 5.74) is 5.59. The number of Topliss-reactive ketones (excluding diaryl/α,β-unsaturated/α-hetero) is 2. The number of nitrogens with two attached hydrogens (primary N) is 1. The van der Waals surface area contributed by atoms with Crippen molar-refractivity contribution < 1.29 is 28.6 Å². The molecule has 30 heavy (non-hydrogen) atoms. The zero-order valence-electron chi connectivity index (χ0n) is 17.0. The second-order valence-electron chi connectivity index (χ2n) is 8.44. The van der Waals surface area contributed by atoms with Gasteiger partial charge < -0.3 is 35.5 Å². The number of primary amides is 1. The molecule has 5 aliphatic rings. The number of hydrogen-bond donors (Lipinski definition) is 3. The highest BCUT2D eigenvalue weighted by Gasteiger charge is 2.72. The van der Waals surface area contributed by atoms with Crippen molar-refractivity contribution in [2.24, 2.45) is 11.7 Å². The average molecular weight is 418 g/mol. The molecule has 3 saturated heterocycles. The molecule has 10 nitrogen and oxygen atoms in total. The predicted octanol–water partition coefficient (Wildman–Crippen LogP) is -0.841. The van der Waals surface area contributed by atoms with Gasteiger partial charge in [0, 0.05) is 44.0 Å². The van der Waals surface area contributed by atoms with Gasteiger partial charge in [-0.2, -0.15) is 0 Å². The molecule has 0 radical (unpaired) electrons. The van der Waals surface area contributed by atoms with Gasteiger partial charge >= 0.3 is 6.09 Å². The fourth-order valence-electron chi connectivity index (χ4n) is 5.52. The van der Waals surface area contributed by atoms with E-state index in [4.69, 9.17) is 19.9 Å². The van der Waals surface area contributed by atoms with Crippen LogP contribution in [0.2, 0.25) is 0 Å². The van der Waals surface area contributed by atoms with Crippen molar-refractivity contribution >= 4 is 17.7 Å².